The van der Waals surface area contributed by atoms with E-state index in [0.717, 1.165) is 17.7 Å². The maximum absolute atomic E-state index is 13.6. The molecule has 0 aliphatic carbocycles. The Kier molecular flexibility index (Phi) is 4.22. The van der Waals surface area contributed by atoms with Crippen LogP contribution in [0.2, 0.25) is 0 Å². The van der Waals surface area contributed by atoms with Gasteiger partial charge in [0.15, 0.2) is 11.5 Å². The van der Waals surface area contributed by atoms with Crippen LogP contribution in [0.15, 0.2) is 36.4 Å². The third kappa shape index (κ3) is 2.88. The zero-order chi connectivity index (χ0) is 15.5. The molecule has 4 nitrogen and oxygen atoms in total. The van der Waals surface area contributed by atoms with Gasteiger partial charge in [0.25, 0.3) is 0 Å². The molecule has 6 heteroatoms. The summed E-state index contributed by atoms with van der Waals surface area (Å²) in [5.74, 6) is -0.195. The second kappa shape index (κ2) is 6.29. The fourth-order valence-electron chi connectivity index (χ4n) is 2.40. The third-order valence-corrected chi connectivity index (χ3v) is 3.46. The molecule has 1 atom stereocenters. The van der Waals surface area contributed by atoms with Crippen molar-refractivity contribution in [3.05, 3.63) is 59.2 Å². The zero-order valence-electron chi connectivity index (χ0n) is 11.7. The summed E-state index contributed by atoms with van der Waals surface area (Å²) in [6.45, 7) is 0.581. The molecular weight excluding hydrogens is 292 g/mol. The van der Waals surface area contributed by atoms with Gasteiger partial charge in [-0.1, -0.05) is 18.2 Å². The van der Waals surface area contributed by atoms with Crippen molar-refractivity contribution in [1.29, 1.82) is 0 Å². The van der Waals surface area contributed by atoms with E-state index in [2.05, 4.69) is 5.32 Å². The molecule has 1 aliphatic rings. The lowest BCUT2D eigenvalue weighted by molar-refractivity contribution is 0.163. The topological polar surface area (TPSA) is 50.7 Å². The number of aliphatic hydroxyl groups is 1. The fourth-order valence-corrected chi connectivity index (χ4v) is 2.40. The normalized spacial score (nSPS) is 14.1. The van der Waals surface area contributed by atoms with Crippen LogP contribution in [0.3, 0.4) is 0 Å². The van der Waals surface area contributed by atoms with Crippen molar-refractivity contribution in [2.24, 2.45) is 0 Å². The van der Waals surface area contributed by atoms with Gasteiger partial charge in [0, 0.05) is 18.7 Å². The van der Waals surface area contributed by atoms with Crippen LogP contribution in [0.25, 0.3) is 0 Å². The Morgan fingerprint density at radius 2 is 1.82 bits per heavy atom. The van der Waals surface area contributed by atoms with Gasteiger partial charge in [-0.2, -0.15) is 0 Å². The van der Waals surface area contributed by atoms with Crippen LogP contribution >= 0.6 is 0 Å². The van der Waals surface area contributed by atoms with Crippen molar-refractivity contribution < 1.29 is 23.4 Å². The standard InChI is InChI=1S/C16H15F2NO3/c17-11-4-2-5-12(18)15(11)13(20)8-19-7-10-3-1-6-14-16(10)22-9-21-14/h1-6,13,19-20H,7-9H2. The number of fused-ring (bicyclic) bond motifs is 1. The molecular formula is C16H15F2NO3. The second-order valence-corrected chi connectivity index (χ2v) is 4.93. The molecule has 1 heterocycles. The number of halogens is 2. The van der Waals surface area contributed by atoms with E-state index in [1.54, 1.807) is 6.07 Å². The van der Waals surface area contributed by atoms with Crippen LogP contribution in [0, 0.1) is 11.6 Å². The number of rotatable bonds is 5. The molecule has 2 aromatic rings. The van der Waals surface area contributed by atoms with E-state index in [9.17, 15) is 13.9 Å². The summed E-state index contributed by atoms with van der Waals surface area (Å²) in [6, 6.07) is 9.00. The van der Waals surface area contributed by atoms with Crippen molar-refractivity contribution in [3.8, 4) is 11.5 Å². The maximum Gasteiger partial charge on any atom is 0.231 e. The lowest BCUT2D eigenvalue weighted by atomic mass is 10.1. The number of para-hydroxylation sites is 1. The van der Waals surface area contributed by atoms with Gasteiger partial charge < -0.3 is 19.9 Å². The molecule has 3 rings (SSSR count). The first kappa shape index (κ1) is 14.7. The summed E-state index contributed by atoms with van der Waals surface area (Å²) in [6.07, 6.45) is -1.27. The first-order chi connectivity index (χ1) is 10.7. The average Bonchev–Trinajstić information content (AvgIpc) is 2.96. The van der Waals surface area contributed by atoms with Gasteiger partial charge in [-0.25, -0.2) is 8.78 Å². The Labute approximate surface area is 126 Å². The van der Waals surface area contributed by atoms with E-state index in [1.807, 2.05) is 12.1 Å². The average molecular weight is 307 g/mol. The quantitative estimate of drug-likeness (QED) is 0.891. The molecule has 22 heavy (non-hydrogen) atoms. The molecule has 0 spiro atoms. The summed E-state index contributed by atoms with van der Waals surface area (Å²) < 4.78 is 37.8. The Hall–Kier alpha value is -2.18. The minimum atomic E-state index is -1.27. The van der Waals surface area contributed by atoms with E-state index in [0.29, 0.717) is 18.0 Å². The molecule has 0 saturated carbocycles. The van der Waals surface area contributed by atoms with E-state index >= 15 is 0 Å². The number of aliphatic hydroxyl groups excluding tert-OH is 1. The molecule has 2 N–H and O–H groups in total. The highest BCUT2D eigenvalue weighted by atomic mass is 19.1. The number of hydrogen-bond acceptors (Lipinski definition) is 4. The summed E-state index contributed by atoms with van der Waals surface area (Å²) >= 11 is 0. The zero-order valence-corrected chi connectivity index (χ0v) is 11.7. The number of hydrogen-bond donors (Lipinski definition) is 2. The highest BCUT2D eigenvalue weighted by Gasteiger charge is 2.19. The van der Waals surface area contributed by atoms with Gasteiger partial charge in [0.2, 0.25) is 6.79 Å². The van der Waals surface area contributed by atoms with E-state index < -0.39 is 17.7 Å². The molecule has 0 fully saturated rings. The number of ether oxygens (including phenoxy) is 2. The largest absolute Gasteiger partial charge is 0.454 e. The molecule has 116 valence electrons. The van der Waals surface area contributed by atoms with Gasteiger partial charge >= 0.3 is 0 Å². The fraction of sp³-hybridized carbons (Fsp3) is 0.250. The van der Waals surface area contributed by atoms with E-state index in [-0.39, 0.29) is 18.9 Å². The SMILES string of the molecule is OC(CNCc1cccc2c1OCO2)c1c(F)cccc1F. The summed E-state index contributed by atoms with van der Waals surface area (Å²) in [5, 5.41) is 12.9. The van der Waals surface area contributed by atoms with Crippen LogP contribution < -0.4 is 14.8 Å². The molecule has 0 saturated heterocycles. The lowest BCUT2D eigenvalue weighted by Gasteiger charge is -2.14. The first-order valence-electron chi connectivity index (χ1n) is 6.87. The van der Waals surface area contributed by atoms with Crippen molar-refractivity contribution >= 4 is 0 Å². The Morgan fingerprint density at radius 1 is 1.09 bits per heavy atom. The van der Waals surface area contributed by atoms with Crippen molar-refractivity contribution in [3.63, 3.8) is 0 Å². The van der Waals surface area contributed by atoms with Gasteiger partial charge in [-0.3, -0.25) is 0 Å². The smallest absolute Gasteiger partial charge is 0.231 e. The molecule has 1 unspecified atom stereocenters. The molecule has 2 aromatic carbocycles. The van der Waals surface area contributed by atoms with Gasteiger partial charge in [-0.15, -0.1) is 0 Å². The number of nitrogens with one attached hydrogen (secondary N) is 1. The summed E-state index contributed by atoms with van der Waals surface area (Å²) in [7, 11) is 0. The van der Waals surface area contributed by atoms with Gasteiger partial charge in [0.1, 0.15) is 11.6 Å². The predicted molar refractivity (Wildman–Crippen MR) is 75.6 cm³/mol. The molecule has 0 amide bonds. The van der Waals surface area contributed by atoms with Crippen LogP contribution in [-0.2, 0) is 6.54 Å². The number of benzene rings is 2. The molecule has 0 bridgehead atoms. The van der Waals surface area contributed by atoms with Gasteiger partial charge in [-0.05, 0) is 18.2 Å². The van der Waals surface area contributed by atoms with Crippen molar-refractivity contribution in [2.45, 2.75) is 12.6 Å². The summed E-state index contributed by atoms with van der Waals surface area (Å²) in [4.78, 5) is 0. The highest BCUT2D eigenvalue weighted by molar-refractivity contribution is 5.48. The van der Waals surface area contributed by atoms with Crippen LogP contribution in [0.5, 0.6) is 11.5 Å². The summed E-state index contributed by atoms with van der Waals surface area (Å²) in [5.41, 5.74) is 0.532. The lowest BCUT2D eigenvalue weighted by Crippen LogP contribution is -2.22. The van der Waals surface area contributed by atoms with Crippen molar-refractivity contribution in [1.82, 2.24) is 5.32 Å². The molecule has 0 aromatic heterocycles. The van der Waals surface area contributed by atoms with Crippen molar-refractivity contribution in [2.75, 3.05) is 13.3 Å². The third-order valence-electron chi connectivity index (χ3n) is 3.46. The predicted octanol–water partition coefficient (Wildman–Crippen LogP) is 2.52. The van der Waals surface area contributed by atoms with Crippen LogP contribution in [0.1, 0.15) is 17.2 Å². The van der Waals surface area contributed by atoms with E-state index in [4.69, 9.17) is 9.47 Å². The highest BCUT2D eigenvalue weighted by Crippen LogP contribution is 2.35. The van der Waals surface area contributed by atoms with Crippen LogP contribution in [0.4, 0.5) is 8.78 Å². The Balaban J connectivity index is 1.63. The Morgan fingerprint density at radius 3 is 2.59 bits per heavy atom. The molecule has 1 aliphatic heterocycles. The second-order valence-electron chi connectivity index (χ2n) is 4.93. The minimum absolute atomic E-state index is 0.0162. The van der Waals surface area contributed by atoms with Crippen LogP contribution in [-0.4, -0.2) is 18.4 Å². The first-order valence-corrected chi connectivity index (χ1v) is 6.87. The van der Waals surface area contributed by atoms with E-state index in [1.165, 1.54) is 6.07 Å². The van der Waals surface area contributed by atoms with Gasteiger partial charge in [0.05, 0.1) is 11.7 Å². The maximum atomic E-state index is 13.6. The Bertz CT molecular complexity index is 658. The minimum Gasteiger partial charge on any atom is -0.454 e. The monoisotopic (exact) mass is 307 g/mol. The molecule has 0 radical (unpaired) electrons.